The molecule has 1 atom stereocenters. The third-order valence-electron chi connectivity index (χ3n) is 5.70. The van der Waals surface area contributed by atoms with Crippen LogP contribution in [0.25, 0.3) is 0 Å². The van der Waals surface area contributed by atoms with Crippen LogP contribution in [-0.2, 0) is 26.3 Å². The summed E-state index contributed by atoms with van der Waals surface area (Å²) in [6.07, 6.45) is 1.94. The van der Waals surface area contributed by atoms with E-state index in [1.165, 1.54) is 37.2 Å². The Labute approximate surface area is 228 Å². The zero-order valence-corrected chi connectivity index (χ0v) is 23.7. The lowest BCUT2D eigenvalue weighted by Gasteiger charge is -2.34. The van der Waals surface area contributed by atoms with Gasteiger partial charge in [0.15, 0.2) is 0 Å². The van der Waals surface area contributed by atoms with Crippen molar-refractivity contribution in [1.29, 1.82) is 0 Å². The maximum absolute atomic E-state index is 13.8. The largest absolute Gasteiger partial charge is 0.354 e. The summed E-state index contributed by atoms with van der Waals surface area (Å²) in [4.78, 5) is 28.2. The maximum Gasteiger partial charge on any atom is 0.304 e. The van der Waals surface area contributed by atoms with Crippen LogP contribution in [0.1, 0.15) is 38.7 Å². The Morgan fingerprint density at radius 2 is 1.70 bits per heavy atom. The van der Waals surface area contributed by atoms with Crippen molar-refractivity contribution in [3.63, 3.8) is 0 Å². The molecule has 0 aliphatic carbocycles. The highest BCUT2D eigenvalue weighted by Gasteiger charge is 2.34. The van der Waals surface area contributed by atoms with E-state index >= 15 is 0 Å². The molecule has 2 amide bonds. The van der Waals surface area contributed by atoms with Crippen LogP contribution in [0.4, 0.5) is 10.1 Å². The molecule has 204 valence electrons. The molecule has 0 saturated heterocycles. The minimum atomic E-state index is -4.14. The fourth-order valence-electron chi connectivity index (χ4n) is 3.58. The van der Waals surface area contributed by atoms with E-state index < -0.39 is 34.5 Å². The van der Waals surface area contributed by atoms with Gasteiger partial charge in [0.25, 0.3) is 0 Å². The van der Waals surface area contributed by atoms with Crippen LogP contribution in [0.3, 0.4) is 0 Å². The first-order valence-electron chi connectivity index (χ1n) is 11.9. The molecule has 0 spiro atoms. The van der Waals surface area contributed by atoms with E-state index in [-0.39, 0.29) is 24.6 Å². The SMILES string of the molecule is CCCCNC(=O)[C@H](CC)N(Cc1ccc(Cl)cc1Cl)C(=O)CN(c1ccc(F)cc1)S(=O)(=O)N(C)C. The lowest BCUT2D eigenvalue weighted by Crippen LogP contribution is -2.53. The van der Waals surface area contributed by atoms with Gasteiger partial charge in [-0.15, -0.1) is 0 Å². The molecule has 8 nitrogen and oxygen atoms in total. The summed E-state index contributed by atoms with van der Waals surface area (Å²) >= 11 is 12.4. The Kier molecular flexibility index (Phi) is 11.6. The summed E-state index contributed by atoms with van der Waals surface area (Å²) in [5, 5.41) is 3.57. The molecule has 2 rings (SSSR count). The van der Waals surface area contributed by atoms with Gasteiger partial charge in [0.2, 0.25) is 11.8 Å². The van der Waals surface area contributed by atoms with Crippen LogP contribution in [0, 0.1) is 5.82 Å². The number of carbonyl (C=O) groups excluding carboxylic acids is 2. The maximum atomic E-state index is 13.8. The third-order valence-corrected chi connectivity index (χ3v) is 8.11. The Morgan fingerprint density at radius 1 is 1.05 bits per heavy atom. The molecular formula is C25H33Cl2FN4O4S. The molecule has 0 aromatic heterocycles. The van der Waals surface area contributed by atoms with E-state index in [0.29, 0.717) is 22.2 Å². The number of rotatable bonds is 13. The predicted octanol–water partition coefficient (Wildman–Crippen LogP) is 4.47. The second kappa shape index (κ2) is 13.9. The van der Waals surface area contributed by atoms with Crippen LogP contribution >= 0.6 is 23.2 Å². The first-order valence-corrected chi connectivity index (χ1v) is 14.0. The second-order valence-corrected chi connectivity index (χ2v) is 11.5. The van der Waals surface area contributed by atoms with Crippen LogP contribution in [0.5, 0.6) is 0 Å². The van der Waals surface area contributed by atoms with Crippen molar-refractivity contribution in [2.45, 2.75) is 45.7 Å². The standard InChI is InChI=1S/C25H33Cl2FN4O4S/c1-5-7-14-29-25(34)23(6-2)31(16-18-8-9-19(26)15-22(18)27)24(33)17-32(37(35,36)30(3)4)21-12-10-20(28)11-13-21/h8-13,15,23H,5-7,14,16-17H2,1-4H3,(H,29,34)/t23-/m0/s1. The number of unbranched alkanes of at least 4 members (excludes halogenated alkanes) is 1. The molecule has 0 aliphatic heterocycles. The van der Waals surface area contributed by atoms with Crippen molar-refractivity contribution in [3.8, 4) is 0 Å². The van der Waals surface area contributed by atoms with Gasteiger partial charge in [-0.2, -0.15) is 12.7 Å². The van der Waals surface area contributed by atoms with Crippen molar-refractivity contribution >= 4 is 50.9 Å². The molecule has 0 radical (unpaired) electrons. The van der Waals surface area contributed by atoms with Gasteiger partial charge in [0.1, 0.15) is 18.4 Å². The minimum Gasteiger partial charge on any atom is -0.354 e. The number of nitrogens with one attached hydrogen (secondary N) is 1. The molecule has 0 unspecified atom stereocenters. The topological polar surface area (TPSA) is 90.0 Å². The zero-order chi connectivity index (χ0) is 27.8. The van der Waals surface area contributed by atoms with Crippen molar-refractivity contribution in [2.75, 3.05) is 31.5 Å². The second-order valence-electron chi connectivity index (χ2n) is 8.60. The van der Waals surface area contributed by atoms with E-state index in [9.17, 15) is 22.4 Å². The van der Waals surface area contributed by atoms with E-state index in [4.69, 9.17) is 23.2 Å². The Bertz CT molecular complexity index is 1180. The van der Waals surface area contributed by atoms with Crippen molar-refractivity contribution in [3.05, 3.63) is 63.9 Å². The smallest absolute Gasteiger partial charge is 0.304 e. The average Bonchev–Trinajstić information content (AvgIpc) is 2.84. The van der Waals surface area contributed by atoms with E-state index in [1.54, 1.807) is 19.1 Å². The lowest BCUT2D eigenvalue weighted by molar-refractivity contribution is -0.140. The number of hydrogen-bond acceptors (Lipinski definition) is 4. The monoisotopic (exact) mass is 574 g/mol. The quantitative estimate of drug-likeness (QED) is 0.357. The van der Waals surface area contributed by atoms with Crippen LogP contribution in [0.2, 0.25) is 10.0 Å². The summed E-state index contributed by atoms with van der Waals surface area (Å²) < 4.78 is 41.7. The molecule has 37 heavy (non-hydrogen) atoms. The highest BCUT2D eigenvalue weighted by molar-refractivity contribution is 7.90. The van der Waals surface area contributed by atoms with Crippen molar-refractivity contribution in [2.24, 2.45) is 0 Å². The summed E-state index contributed by atoms with van der Waals surface area (Å²) in [6.45, 7) is 3.55. The van der Waals surface area contributed by atoms with E-state index in [0.717, 1.165) is 33.6 Å². The summed E-state index contributed by atoms with van der Waals surface area (Å²) in [6, 6.07) is 8.70. The molecular weight excluding hydrogens is 542 g/mol. The number of carbonyl (C=O) groups is 2. The molecule has 12 heteroatoms. The number of anilines is 1. The molecule has 0 heterocycles. The predicted molar refractivity (Wildman–Crippen MR) is 145 cm³/mol. The zero-order valence-electron chi connectivity index (χ0n) is 21.4. The van der Waals surface area contributed by atoms with Gasteiger partial charge in [-0.1, -0.05) is 49.5 Å². The van der Waals surface area contributed by atoms with Crippen LogP contribution in [0.15, 0.2) is 42.5 Å². The molecule has 2 aromatic rings. The number of amides is 2. The fourth-order valence-corrected chi connectivity index (χ4v) is 5.11. The summed E-state index contributed by atoms with van der Waals surface area (Å²) in [7, 11) is -1.48. The highest BCUT2D eigenvalue weighted by atomic mass is 35.5. The Hall–Kier alpha value is -2.40. The molecule has 0 saturated carbocycles. The molecule has 0 fully saturated rings. The minimum absolute atomic E-state index is 0.0478. The Balaban J connectivity index is 2.49. The van der Waals surface area contributed by atoms with Gasteiger partial charge in [-0.05, 0) is 54.8 Å². The highest BCUT2D eigenvalue weighted by Crippen LogP contribution is 2.25. The molecule has 2 aromatic carbocycles. The lowest BCUT2D eigenvalue weighted by atomic mass is 10.1. The van der Waals surface area contributed by atoms with Gasteiger partial charge in [0.05, 0.1) is 5.69 Å². The Morgan fingerprint density at radius 3 is 2.24 bits per heavy atom. The first kappa shape index (κ1) is 30.8. The normalized spacial score (nSPS) is 12.3. The third kappa shape index (κ3) is 8.29. The van der Waals surface area contributed by atoms with E-state index in [1.807, 2.05) is 6.92 Å². The number of nitrogens with zero attached hydrogens (tertiary/aromatic N) is 3. The summed E-state index contributed by atoms with van der Waals surface area (Å²) in [5.74, 6) is -1.53. The average molecular weight is 576 g/mol. The first-order chi connectivity index (χ1) is 17.4. The number of halogens is 3. The molecule has 0 bridgehead atoms. The summed E-state index contributed by atoms with van der Waals surface area (Å²) in [5.41, 5.74) is 0.649. The number of benzene rings is 2. The fraction of sp³-hybridized carbons (Fsp3) is 0.440. The van der Waals surface area contributed by atoms with Gasteiger partial charge < -0.3 is 10.2 Å². The van der Waals surface area contributed by atoms with Gasteiger partial charge in [-0.25, -0.2) is 8.70 Å². The van der Waals surface area contributed by atoms with Crippen molar-refractivity contribution < 1.29 is 22.4 Å². The van der Waals surface area contributed by atoms with Crippen LogP contribution in [-0.4, -0.2) is 62.7 Å². The van der Waals surface area contributed by atoms with Gasteiger partial charge in [0, 0.05) is 37.2 Å². The van der Waals surface area contributed by atoms with Gasteiger partial charge in [-0.3, -0.25) is 9.59 Å². The molecule has 1 N–H and O–H groups in total. The van der Waals surface area contributed by atoms with Gasteiger partial charge >= 0.3 is 10.2 Å². The van der Waals surface area contributed by atoms with E-state index in [2.05, 4.69) is 5.32 Å². The molecule has 0 aliphatic rings. The number of hydrogen-bond donors (Lipinski definition) is 1. The van der Waals surface area contributed by atoms with Crippen LogP contribution < -0.4 is 9.62 Å². The van der Waals surface area contributed by atoms with Crippen molar-refractivity contribution in [1.82, 2.24) is 14.5 Å².